The third-order valence-corrected chi connectivity index (χ3v) is 17.9. The zero-order valence-electron chi connectivity index (χ0n) is 64.2. The average molecular weight is 1840 g/mol. The molecule has 0 aliphatic rings. The Morgan fingerprint density at radius 2 is 0.422 bits per heavy atom. The zero-order valence-corrected chi connectivity index (χ0v) is 71.0. The molecule has 0 saturated heterocycles. The number of carboxylic acid groups (broad SMARTS) is 4. The summed E-state index contributed by atoms with van der Waals surface area (Å²) >= 11 is 14.8. The Balaban J connectivity index is 0. The van der Waals surface area contributed by atoms with Crippen LogP contribution in [0, 0.1) is 0 Å². The van der Waals surface area contributed by atoms with Gasteiger partial charge in [0.2, 0.25) is 0 Å². The summed E-state index contributed by atoms with van der Waals surface area (Å²) in [5.41, 5.74) is 1.72. The number of carboxylic acids is 4. The molecule has 8 aromatic rings. The number of hydrogen-bond acceptors (Lipinski definition) is 24. The molecule has 0 fully saturated rings. The van der Waals surface area contributed by atoms with Crippen LogP contribution in [0.25, 0.3) is 90.0 Å². The fraction of sp³-hybridized carbons (Fsp3) is 0.333. The molecule has 116 heavy (non-hydrogen) atoms. The first-order valence-corrected chi connectivity index (χ1v) is 36.3. The van der Waals surface area contributed by atoms with Crippen LogP contribution in [0.4, 0.5) is 0 Å². The van der Waals surface area contributed by atoms with E-state index in [9.17, 15) is 58.8 Å². The van der Waals surface area contributed by atoms with E-state index in [0.717, 1.165) is 0 Å². The first-order chi connectivity index (χ1) is 53.4. The summed E-state index contributed by atoms with van der Waals surface area (Å²) in [6.07, 6.45) is 5.45. The van der Waals surface area contributed by atoms with Gasteiger partial charge >= 0.3 is 86.7 Å². The molecule has 0 unspecified atom stereocenters. The number of carbonyl (C=O) groups is 8. The monoisotopic (exact) mass is 1840 g/mol. The van der Waals surface area contributed by atoms with Crippen molar-refractivity contribution < 1.29 is 136 Å². The van der Waals surface area contributed by atoms with Crippen LogP contribution in [0.2, 0.25) is 0 Å². The molecule has 0 bridgehead atoms. The number of aromatic carboxylic acids is 4. The van der Waals surface area contributed by atoms with Crippen molar-refractivity contribution in [2.45, 2.75) is 97.9 Å². The van der Waals surface area contributed by atoms with Gasteiger partial charge in [-0.3, -0.25) is 39.3 Å². The second-order valence-corrected chi connectivity index (χ2v) is 24.1. The van der Waals surface area contributed by atoms with Crippen molar-refractivity contribution in [2.75, 3.05) is 78.5 Å². The van der Waals surface area contributed by atoms with E-state index in [1.807, 2.05) is 83.1 Å². The van der Waals surface area contributed by atoms with Crippen molar-refractivity contribution in [1.82, 2.24) is 39.9 Å². The number of carbonyl (C=O) groups excluding carboxylic acids is 4. The summed E-state index contributed by atoms with van der Waals surface area (Å²) < 4.78 is 0.437. The maximum absolute atomic E-state index is 14.2. The normalized spacial score (nSPS) is 10.2. The summed E-state index contributed by atoms with van der Waals surface area (Å²) in [4.78, 5) is 162. The molecular formula is C78H92N16O16Ru2S4+4. The largest absolute Gasteiger partial charge is 2.00 e. The Labute approximate surface area is 720 Å². The molecule has 0 amide bonds. The molecule has 0 aromatic carbocycles. The number of hydroxylamine groups is 12. The number of nitrogens with zero attached hydrogens (tertiary/aromatic N) is 16. The van der Waals surface area contributed by atoms with Gasteiger partial charge in [-0.25, -0.2) is 58.3 Å². The molecule has 0 aliphatic heterocycles. The van der Waals surface area contributed by atoms with Crippen LogP contribution in [0.5, 0.6) is 0 Å². The minimum absolute atomic E-state index is 0. The van der Waals surface area contributed by atoms with Gasteiger partial charge in [0.25, 0.3) is 0 Å². The van der Waals surface area contributed by atoms with Crippen LogP contribution in [-0.4, -0.2) is 226 Å². The predicted octanol–water partition coefficient (Wildman–Crippen LogP) is 15.0. The molecule has 0 aliphatic carbocycles. The molecule has 38 heteroatoms. The van der Waals surface area contributed by atoms with E-state index in [2.05, 4.69) is 78.8 Å². The van der Waals surface area contributed by atoms with Gasteiger partial charge in [0.15, 0.2) is 0 Å². The summed E-state index contributed by atoms with van der Waals surface area (Å²) in [5, 5.41) is 71.6. The standard InChI is InChI=1S/C48H70N8O8.C24H14N4O8.4CNS.2CH4.2Ru/c1-13-53(14-2,15-3)61-45(57)35-25-27-49-39(29-35)41-31-37(47(59)63-55(19-7,20-8)21-9)33-43(51-41)44-34-38(48(60)64-56(22-10,23-11)24-12)32-42(52-44)40-30-36(26-28-50-40)46(58)62-54(16-4,17-5)18-6;29-21(30)11-1-3-25-15(5-11)17-7-13(23(33)34)9-19(27-17)20-10-14(24(35)36)8-18(28-20)16-6-12(22(31)32)2-4-26-16;4*2-1-3;;;;/h25-34H,13-24H2,1-12H3;1-10H,(H,29,30)(H,31,32)(H,33,34)(H,35,36);;;;;2*1H4;;/q+4;;4*-1;;;2*+2. The number of hydrogen-bond donors (Lipinski definition) is 4. The minimum atomic E-state index is -1.32. The van der Waals surface area contributed by atoms with Crippen LogP contribution in [0.15, 0.2) is 122 Å². The number of quaternary nitrogens is 4. The van der Waals surface area contributed by atoms with Crippen molar-refractivity contribution in [3.63, 3.8) is 0 Å². The van der Waals surface area contributed by atoms with Gasteiger partial charge in [-0.05, 0) is 180 Å². The number of thiocarbonyl (C=S) groups is 4. The maximum atomic E-state index is 14.2. The van der Waals surface area contributed by atoms with Gasteiger partial charge in [0, 0.05) is 24.8 Å². The molecule has 616 valence electrons. The van der Waals surface area contributed by atoms with Crippen LogP contribution < -0.4 is 0 Å². The third kappa shape index (κ3) is 30.1. The van der Waals surface area contributed by atoms with E-state index >= 15 is 0 Å². The number of isothiocyanates is 4. The quantitative estimate of drug-likeness (QED) is 0.0107. The topological polar surface area (TPSA) is 447 Å². The SMILES string of the molecule is C.C.CC[N+](CC)(CC)OC(=O)c1ccnc(-c2cc(C(=O)O[N+](CC)(CC)CC)cc(-c3cc(C(=O)O[N+](CC)(CC)CC)cc(-c4cc(C(=O)O[N+](CC)(CC)CC)ccn4)n3)n2)c1.O=C(O)c1ccnc(-c2cc(C(=O)O)cc(-c3cc(C(=O)O)cc(-c4cc(C(=O)O)ccn4)n3)n2)c1.[N-]=C=S.[N-]=C=S.[N-]=C=S.[N-]=C=S.[Ru+2].[Ru+2]. The first-order valence-electron chi connectivity index (χ1n) is 34.7. The predicted molar refractivity (Wildman–Crippen MR) is 442 cm³/mol. The van der Waals surface area contributed by atoms with Crippen LogP contribution in [0.3, 0.4) is 0 Å². The van der Waals surface area contributed by atoms with E-state index in [1.165, 1.54) is 94.0 Å². The van der Waals surface area contributed by atoms with E-state index in [-0.39, 0.29) is 185 Å². The van der Waals surface area contributed by atoms with E-state index in [1.54, 1.807) is 48.5 Å². The van der Waals surface area contributed by atoms with E-state index < -0.39 is 47.8 Å². The Morgan fingerprint density at radius 3 is 0.595 bits per heavy atom. The molecule has 8 heterocycles. The molecule has 8 aromatic heterocycles. The van der Waals surface area contributed by atoms with Gasteiger partial charge in [-0.15, -0.1) is 18.6 Å². The Morgan fingerprint density at radius 1 is 0.284 bits per heavy atom. The maximum Gasteiger partial charge on any atom is 2.00 e. The smallest absolute Gasteiger partial charge is 0.753 e. The molecule has 0 saturated carbocycles. The van der Waals surface area contributed by atoms with Gasteiger partial charge in [0.05, 0.1) is 113 Å². The fourth-order valence-corrected chi connectivity index (χ4v) is 10.8. The molecule has 0 atom stereocenters. The number of rotatable bonds is 30. The zero-order chi connectivity index (χ0) is 84.1. The van der Waals surface area contributed by atoms with Crippen molar-refractivity contribution in [3.05, 3.63) is 188 Å². The van der Waals surface area contributed by atoms with Crippen molar-refractivity contribution in [2.24, 2.45) is 0 Å². The van der Waals surface area contributed by atoms with Crippen LogP contribution in [0.1, 0.15) is 181 Å². The van der Waals surface area contributed by atoms with Crippen LogP contribution in [-0.2, 0) is 58.3 Å². The van der Waals surface area contributed by atoms with Gasteiger partial charge < -0.3 is 42.1 Å². The first kappa shape index (κ1) is 107. The molecular weight excluding hydrogens is 1750 g/mol. The number of pyridine rings is 8. The minimum Gasteiger partial charge on any atom is -0.753 e. The number of aromatic nitrogens is 8. The Bertz CT molecular complexity index is 4480. The Hall–Kier alpha value is -10.8. The average Bonchev–Trinajstić information content (AvgIpc) is 0.788. The molecule has 32 nitrogen and oxygen atoms in total. The summed E-state index contributed by atoms with van der Waals surface area (Å²) in [6, 6.07) is 22.2. The molecule has 0 radical (unpaired) electrons. The summed E-state index contributed by atoms with van der Waals surface area (Å²) in [6.45, 7) is 30.3. The summed E-state index contributed by atoms with van der Waals surface area (Å²) in [5.74, 6) is -7.35. The third-order valence-electron chi connectivity index (χ3n) is 17.9. The van der Waals surface area contributed by atoms with Crippen molar-refractivity contribution in [1.29, 1.82) is 0 Å². The van der Waals surface area contributed by atoms with Gasteiger partial charge in [-0.2, -0.15) is 20.6 Å². The molecule has 0 spiro atoms. The molecule has 4 N–H and O–H groups in total. The fourth-order valence-electron chi connectivity index (χ4n) is 10.8. The second kappa shape index (κ2) is 52.7. The van der Waals surface area contributed by atoms with Crippen molar-refractivity contribution >= 4 is 117 Å². The van der Waals surface area contributed by atoms with Gasteiger partial charge in [-0.1, -0.05) is 63.7 Å². The van der Waals surface area contributed by atoms with Crippen LogP contribution >= 0.6 is 48.9 Å². The Kier molecular flexibility index (Phi) is 48.7. The van der Waals surface area contributed by atoms with E-state index in [4.69, 9.17) is 51.0 Å². The van der Waals surface area contributed by atoms with Crippen molar-refractivity contribution in [3.8, 4) is 68.3 Å². The molecule has 8 rings (SSSR count). The second-order valence-electron chi connectivity index (χ2n) is 23.4. The van der Waals surface area contributed by atoms with E-state index in [0.29, 0.717) is 78.5 Å². The summed E-state index contributed by atoms with van der Waals surface area (Å²) in [7, 11) is 0. The van der Waals surface area contributed by atoms with Gasteiger partial charge in [0.1, 0.15) is 78.5 Å².